The molecule has 0 atom stereocenters. The minimum atomic E-state index is -0.321. The highest BCUT2D eigenvalue weighted by atomic mass is 16.5. The van der Waals surface area contributed by atoms with Crippen molar-refractivity contribution in [3.8, 4) is 17.6 Å². The third kappa shape index (κ3) is 5.47. The zero-order valence-corrected chi connectivity index (χ0v) is 15.5. The standard InChI is InChI=1S/C20H21N3O4/c1-13-10-14(2)23-20(25)16(13)12-22-19(24)7-5-15-4-6-17(27-9-8-21)18(11-15)26-3/h4-7,10-11H,9,12H2,1-3H3,(H,22,24)(H,23,25)/b7-5+. The Balaban J connectivity index is 2.02. The van der Waals surface area contributed by atoms with Crippen molar-refractivity contribution >= 4 is 12.0 Å². The number of nitrogens with zero attached hydrogens (tertiary/aromatic N) is 1. The van der Waals surface area contributed by atoms with Gasteiger partial charge < -0.3 is 19.8 Å². The van der Waals surface area contributed by atoms with Gasteiger partial charge in [-0.3, -0.25) is 9.59 Å². The molecule has 1 aromatic carbocycles. The van der Waals surface area contributed by atoms with Gasteiger partial charge in [0.25, 0.3) is 5.56 Å². The van der Waals surface area contributed by atoms with Gasteiger partial charge in [0.2, 0.25) is 5.91 Å². The summed E-state index contributed by atoms with van der Waals surface area (Å²) in [6.45, 7) is 3.71. The molecule has 0 unspecified atom stereocenters. The molecule has 2 aromatic rings. The zero-order chi connectivity index (χ0) is 19.8. The summed E-state index contributed by atoms with van der Waals surface area (Å²) in [5.74, 6) is 0.600. The molecule has 0 saturated heterocycles. The van der Waals surface area contributed by atoms with Gasteiger partial charge in [-0.25, -0.2) is 0 Å². The summed E-state index contributed by atoms with van der Waals surface area (Å²) in [6.07, 6.45) is 3.00. The Morgan fingerprint density at radius 1 is 1.30 bits per heavy atom. The van der Waals surface area contributed by atoms with E-state index in [4.69, 9.17) is 14.7 Å². The Labute approximate surface area is 157 Å². The number of H-pyrrole nitrogens is 1. The number of aryl methyl sites for hydroxylation is 2. The SMILES string of the molecule is COc1cc(/C=C/C(=O)NCc2c(C)cc(C)[nH]c2=O)ccc1OCC#N. The summed E-state index contributed by atoms with van der Waals surface area (Å²) in [5.41, 5.74) is 2.68. The van der Waals surface area contributed by atoms with Gasteiger partial charge >= 0.3 is 0 Å². The molecule has 0 fully saturated rings. The van der Waals surface area contributed by atoms with Gasteiger partial charge in [-0.2, -0.15) is 5.26 Å². The van der Waals surface area contributed by atoms with E-state index in [0.29, 0.717) is 17.1 Å². The lowest BCUT2D eigenvalue weighted by atomic mass is 10.1. The number of hydrogen-bond donors (Lipinski definition) is 2. The lowest BCUT2D eigenvalue weighted by Gasteiger charge is -2.09. The lowest BCUT2D eigenvalue weighted by Crippen LogP contribution is -2.26. The second kappa shape index (κ2) is 9.25. The van der Waals surface area contributed by atoms with Gasteiger partial charge in [-0.1, -0.05) is 6.07 Å². The average molecular weight is 367 g/mol. The first-order valence-corrected chi connectivity index (χ1v) is 8.27. The fraction of sp³-hybridized carbons (Fsp3) is 0.250. The number of methoxy groups -OCH3 is 1. The molecule has 0 saturated carbocycles. The fourth-order valence-corrected chi connectivity index (χ4v) is 2.52. The first kappa shape index (κ1) is 19.8. The molecule has 0 bridgehead atoms. The minimum Gasteiger partial charge on any atom is -0.493 e. The zero-order valence-electron chi connectivity index (χ0n) is 15.5. The van der Waals surface area contributed by atoms with Crippen LogP contribution in [-0.4, -0.2) is 24.6 Å². The lowest BCUT2D eigenvalue weighted by molar-refractivity contribution is -0.116. The summed E-state index contributed by atoms with van der Waals surface area (Å²) < 4.78 is 10.5. The molecule has 0 aliphatic heterocycles. The average Bonchev–Trinajstić information content (AvgIpc) is 2.64. The second-order valence-electron chi connectivity index (χ2n) is 5.85. The smallest absolute Gasteiger partial charge is 0.253 e. The minimum absolute atomic E-state index is 0.0779. The molecule has 0 aliphatic carbocycles. The number of aromatic amines is 1. The fourth-order valence-electron chi connectivity index (χ4n) is 2.52. The number of ether oxygens (including phenoxy) is 2. The van der Waals surface area contributed by atoms with Crippen molar-refractivity contribution in [2.75, 3.05) is 13.7 Å². The van der Waals surface area contributed by atoms with Gasteiger partial charge in [0.15, 0.2) is 18.1 Å². The predicted octanol–water partition coefficient (Wildman–Crippen LogP) is 2.23. The number of rotatable bonds is 7. The summed E-state index contributed by atoms with van der Waals surface area (Å²) >= 11 is 0. The molecule has 140 valence electrons. The van der Waals surface area contributed by atoms with Crippen molar-refractivity contribution in [1.29, 1.82) is 5.26 Å². The predicted molar refractivity (Wildman–Crippen MR) is 102 cm³/mol. The molecular formula is C20H21N3O4. The third-order valence-corrected chi connectivity index (χ3v) is 3.84. The van der Waals surface area contributed by atoms with Crippen LogP contribution in [0, 0.1) is 25.2 Å². The van der Waals surface area contributed by atoms with Crippen LogP contribution in [0.15, 0.2) is 35.1 Å². The quantitative estimate of drug-likeness (QED) is 0.730. The Hall–Kier alpha value is -3.53. The summed E-state index contributed by atoms with van der Waals surface area (Å²) in [7, 11) is 1.50. The molecule has 0 radical (unpaired) electrons. The number of pyridine rings is 1. The van der Waals surface area contributed by atoms with E-state index in [-0.39, 0.29) is 24.6 Å². The highest BCUT2D eigenvalue weighted by Gasteiger charge is 2.07. The van der Waals surface area contributed by atoms with Gasteiger partial charge in [-0.15, -0.1) is 0 Å². The topological polar surface area (TPSA) is 104 Å². The Morgan fingerprint density at radius 3 is 2.74 bits per heavy atom. The Bertz CT molecular complexity index is 955. The number of hydrogen-bond acceptors (Lipinski definition) is 5. The maximum Gasteiger partial charge on any atom is 0.253 e. The van der Waals surface area contributed by atoms with E-state index < -0.39 is 0 Å². The summed E-state index contributed by atoms with van der Waals surface area (Å²) in [4.78, 5) is 26.7. The number of nitrogens with one attached hydrogen (secondary N) is 2. The molecule has 1 amide bonds. The van der Waals surface area contributed by atoms with Crippen LogP contribution in [0.5, 0.6) is 11.5 Å². The van der Waals surface area contributed by atoms with Gasteiger partial charge in [0, 0.05) is 23.9 Å². The number of nitriles is 1. The monoisotopic (exact) mass is 367 g/mol. The molecule has 1 aromatic heterocycles. The number of amides is 1. The van der Waals surface area contributed by atoms with Crippen molar-refractivity contribution in [3.63, 3.8) is 0 Å². The van der Waals surface area contributed by atoms with Gasteiger partial charge in [-0.05, 0) is 49.2 Å². The third-order valence-electron chi connectivity index (χ3n) is 3.84. The number of aromatic nitrogens is 1. The van der Waals surface area contributed by atoms with Crippen LogP contribution in [0.1, 0.15) is 22.4 Å². The van der Waals surface area contributed by atoms with Gasteiger partial charge in [0.05, 0.1) is 7.11 Å². The van der Waals surface area contributed by atoms with Crippen LogP contribution < -0.4 is 20.3 Å². The normalized spacial score (nSPS) is 10.4. The van der Waals surface area contributed by atoms with E-state index in [1.54, 1.807) is 24.3 Å². The van der Waals surface area contributed by atoms with Crippen molar-refractivity contribution in [3.05, 3.63) is 63.1 Å². The maximum absolute atomic E-state index is 12.0. The van der Waals surface area contributed by atoms with Crippen molar-refractivity contribution < 1.29 is 14.3 Å². The second-order valence-corrected chi connectivity index (χ2v) is 5.85. The van der Waals surface area contributed by atoms with E-state index >= 15 is 0 Å². The Kier molecular flexibility index (Phi) is 6.78. The van der Waals surface area contributed by atoms with E-state index in [0.717, 1.165) is 16.8 Å². The molecule has 7 nitrogen and oxygen atoms in total. The van der Waals surface area contributed by atoms with E-state index in [2.05, 4.69) is 10.3 Å². The molecule has 0 spiro atoms. The van der Waals surface area contributed by atoms with E-state index in [1.165, 1.54) is 13.2 Å². The summed E-state index contributed by atoms with van der Waals surface area (Å²) in [5, 5.41) is 11.3. The molecule has 27 heavy (non-hydrogen) atoms. The molecule has 1 heterocycles. The van der Waals surface area contributed by atoms with Crippen molar-refractivity contribution in [1.82, 2.24) is 10.3 Å². The largest absolute Gasteiger partial charge is 0.493 e. The highest BCUT2D eigenvalue weighted by Crippen LogP contribution is 2.28. The van der Waals surface area contributed by atoms with Crippen LogP contribution >= 0.6 is 0 Å². The van der Waals surface area contributed by atoms with E-state index in [1.807, 2.05) is 26.0 Å². The van der Waals surface area contributed by atoms with Crippen LogP contribution in [0.3, 0.4) is 0 Å². The number of carbonyl (C=O) groups is 1. The molecule has 2 N–H and O–H groups in total. The van der Waals surface area contributed by atoms with Crippen LogP contribution in [-0.2, 0) is 11.3 Å². The van der Waals surface area contributed by atoms with Gasteiger partial charge in [0.1, 0.15) is 6.07 Å². The molecule has 2 rings (SSSR count). The van der Waals surface area contributed by atoms with Crippen LogP contribution in [0.2, 0.25) is 0 Å². The highest BCUT2D eigenvalue weighted by molar-refractivity contribution is 5.91. The molecule has 7 heteroatoms. The summed E-state index contributed by atoms with van der Waals surface area (Å²) in [6, 6.07) is 8.87. The maximum atomic E-state index is 12.0. The van der Waals surface area contributed by atoms with Crippen LogP contribution in [0.25, 0.3) is 6.08 Å². The van der Waals surface area contributed by atoms with Crippen molar-refractivity contribution in [2.24, 2.45) is 0 Å². The number of benzene rings is 1. The first-order chi connectivity index (χ1) is 12.9. The molecular weight excluding hydrogens is 346 g/mol. The van der Waals surface area contributed by atoms with Crippen molar-refractivity contribution in [2.45, 2.75) is 20.4 Å². The Morgan fingerprint density at radius 2 is 2.07 bits per heavy atom. The number of carbonyl (C=O) groups excluding carboxylic acids is 1. The first-order valence-electron chi connectivity index (χ1n) is 8.27. The van der Waals surface area contributed by atoms with E-state index in [9.17, 15) is 9.59 Å². The molecule has 0 aliphatic rings. The van der Waals surface area contributed by atoms with Crippen LogP contribution in [0.4, 0.5) is 0 Å².